The minimum atomic E-state index is -0.423. The number of carbonyl (C=O) groups excluding carboxylic acids is 2. The third kappa shape index (κ3) is 7.29. The maximum atomic E-state index is 13.0. The van der Waals surface area contributed by atoms with Crippen LogP contribution in [0.2, 0.25) is 0 Å². The average Bonchev–Trinajstić information content (AvgIpc) is 3.15. The van der Waals surface area contributed by atoms with E-state index in [-0.39, 0.29) is 9.74 Å². The maximum absolute atomic E-state index is 13.0. The summed E-state index contributed by atoms with van der Waals surface area (Å²) in [5, 5.41) is 1.10. The van der Waals surface area contributed by atoms with Crippen LogP contribution in [0.4, 0.5) is 0 Å². The van der Waals surface area contributed by atoms with Crippen LogP contribution in [0.1, 0.15) is 54.7 Å². The summed E-state index contributed by atoms with van der Waals surface area (Å²) < 4.78 is 13.0. The summed E-state index contributed by atoms with van der Waals surface area (Å²) in [6, 6.07) is 20.7. The summed E-state index contributed by atoms with van der Waals surface area (Å²) in [6.07, 6.45) is 1.72. The number of carbonyl (C=O) groups is 2. The van der Waals surface area contributed by atoms with Crippen LogP contribution in [-0.2, 0) is 16.8 Å². The molecule has 202 valence electrons. The number of hydrogen-bond donors (Lipinski definition) is 1. The zero-order chi connectivity index (χ0) is 28.2. The Morgan fingerprint density at radius 1 is 1.03 bits per heavy atom. The van der Waals surface area contributed by atoms with E-state index in [9.17, 15) is 9.59 Å². The van der Waals surface area contributed by atoms with E-state index in [2.05, 4.69) is 66.4 Å². The second-order valence-electron chi connectivity index (χ2n) is 9.84. The highest BCUT2D eigenvalue weighted by Crippen LogP contribution is 2.35. The van der Waals surface area contributed by atoms with Crippen LogP contribution in [0.15, 0.2) is 76.1 Å². The lowest BCUT2D eigenvalue weighted by atomic mass is 9.87. The van der Waals surface area contributed by atoms with Crippen molar-refractivity contribution in [3.8, 4) is 11.5 Å². The third-order valence-corrected chi connectivity index (χ3v) is 7.72. The summed E-state index contributed by atoms with van der Waals surface area (Å²) in [5.41, 5.74) is 6.18. The molecular weight excluding hydrogens is 596 g/mol. The molecule has 1 aliphatic rings. The Kier molecular flexibility index (Phi) is 9.15. The molecule has 0 saturated carbocycles. The SMILES string of the molecule is CCOc1cc(/C=C2/SC(=S)N(NC(=O)c3ccc(Br)cc3)C2=O)ccc1OCc1ccc(C(C)(C)C)cc1. The number of rotatable bonds is 8. The van der Waals surface area contributed by atoms with Crippen molar-refractivity contribution in [3.05, 3.63) is 98.4 Å². The lowest BCUT2D eigenvalue weighted by Gasteiger charge is -2.19. The van der Waals surface area contributed by atoms with E-state index in [1.165, 1.54) is 5.56 Å². The van der Waals surface area contributed by atoms with Gasteiger partial charge in [0.15, 0.2) is 15.8 Å². The average molecular weight is 626 g/mol. The molecule has 3 aromatic carbocycles. The van der Waals surface area contributed by atoms with E-state index in [1.807, 2.05) is 25.1 Å². The van der Waals surface area contributed by atoms with Crippen LogP contribution in [0.25, 0.3) is 6.08 Å². The van der Waals surface area contributed by atoms with Crippen molar-refractivity contribution in [2.45, 2.75) is 39.7 Å². The monoisotopic (exact) mass is 624 g/mol. The molecule has 6 nitrogen and oxygen atoms in total. The van der Waals surface area contributed by atoms with Gasteiger partial charge in [-0.25, -0.2) is 0 Å². The molecule has 39 heavy (non-hydrogen) atoms. The van der Waals surface area contributed by atoms with Crippen molar-refractivity contribution >= 4 is 62.1 Å². The van der Waals surface area contributed by atoms with Gasteiger partial charge >= 0.3 is 0 Å². The Hall–Kier alpha value is -3.14. The first-order valence-electron chi connectivity index (χ1n) is 12.4. The van der Waals surface area contributed by atoms with Crippen molar-refractivity contribution in [1.82, 2.24) is 10.4 Å². The summed E-state index contributed by atoms with van der Waals surface area (Å²) in [4.78, 5) is 26.0. The van der Waals surface area contributed by atoms with Crippen molar-refractivity contribution < 1.29 is 19.1 Å². The fraction of sp³-hybridized carbons (Fsp3) is 0.233. The van der Waals surface area contributed by atoms with Gasteiger partial charge in [0.05, 0.1) is 11.5 Å². The molecule has 3 aromatic rings. The first kappa shape index (κ1) is 28.9. The lowest BCUT2D eigenvalue weighted by Crippen LogP contribution is -2.44. The zero-order valence-corrected chi connectivity index (χ0v) is 25.3. The van der Waals surface area contributed by atoms with Crippen LogP contribution in [-0.4, -0.2) is 27.8 Å². The number of amides is 2. The molecule has 0 unspecified atom stereocenters. The number of halogens is 1. The fourth-order valence-corrected chi connectivity index (χ4v) is 5.19. The molecular formula is C30H29BrN2O4S2. The number of ether oxygens (including phenoxy) is 2. The van der Waals surface area contributed by atoms with Crippen LogP contribution in [0.3, 0.4) is 0 Å². The molecule has 0 radical (unpaired) electrons. The lowest BCUT2D eigenvalue weighted by molar-refractivity contribution is -0.123. The van der Waals surface area contributed by atoms with Crippen molar-refractivity contribution in [1.29, 1.82) is 0 Å². The number of nitrogens with one attached hydrogen (secondary N) is 1. The number of hydrazine groups is 1. The molecule has 0 aliphatic carbocycles. The predicted molar refractivity (Wildman–Crippen MR) is 164 cm³/mol. The maximum Gasteiger partial charge on any atom is 0.285 e. The van der Waals surface area contributed by atoms with Gasteiger partial charge in [0.25, 0.3) is 11.8 Å². The first-order valence-corrected chi connectivity index (χ1v) is 14.4. The Balaban J connectivity index is 1.46. The summed E-state index contributed by atoms with van der Waals surface area (Å²) >= 11 is 9.83. The molecule has 1 fully saturated rings. The van der Waals surface area contributed by atoms with Crippen molar-refractivity contribution in [3.63, 3.8) is 0 Å². The number of nitrogens with zero attached hydrogens (tertiary/aromatic N) is 1. The quantitative estimate of drug-likeness (QED) is 0.210. The smallest absolute Gasteiger partial charge is 0.285 e. The van der Waals surface area contributed by atoms with Crippen molar-refractivity contribution in [2.24, 2.45) is 0 Å². The van der Waals surface area contributed by atoms with E-state index in [0.29, 0.717) is 35.2 Å². The zero-order valence-electron chi connectivity index (χ0n) is 22.1. The molecule has 1 saturated heterocycles. The van der Waals surface area contributed by atoms with Gasteiger partial charge in [0.1, 0.15) is 6.61 Å². The summed E-state index contributed by atoms with van der Waals surface area (Å²) in [6.45, 7) is 9.33. The summed E-state index contributed by atoms with van der Waals surface area (Å²) in [7, 11) is 0. The molecule has 1 heterocycles. The Morgan fingerprint density at radius 2 is 1.72 bits per heavy atom. The number of thioether (sulfide) groups is 1. The first-order chi connectivity index (χ1) is 18.5. The van der Waals surface area contributed by atoms with Gasteiger partial charge in [-0.1, -0.05) is 78.8 Å². The van der Waals surface area contributed by atoms with Crippen LogP contribution in [0.5, 0.6) is 11.5 Å². The van der Waals surface area contributed by atoms with E-state index >= 15 is 0 Å². The minimum absolute atomic E-state index is 0.0940. The molecule has 2 amide bonds. The van der Waals surface area contributed by atoms with Gasteiger partial charge in [-0.15, -0.1) is 0 Å². The third-order valence-electron chi connectivity index (χ3n) is 5.89. The van der Waals surface area contributed by atoms with Crippen LogP contribution >= 0.6 is 39.9 Å². The number of hydrogen-bond acceptors (Lipinski definition) is 6. The number of benzene rings is 3. The highest BCUT2D eigenvalue weighted by molar-refractivity contribution is 9.10. The van der Waals surface area contributed by atoms with Gasteiger partial charge in [-0.3, -0.25) is 15.0 Å². The van der Waals surface area contributed by atoms with Gasteiger partial charge in [-0.05, 0) is 83.7 Å². The van der Waals surface area contributed by atoms with Gasteiger partial charge in [0.2, 0.25) is 0 Å². The van der Waals surface area contributed by atoms with Gasteiger partial charge in [-0.2, -0.15) is 5.01 Å². The second-order valence-corrected chi connectivity index (χ2v) is 12.4. The predicted octanol–water partition coefficient (Wildman–Crippen LogP) is 7.27. The van der Waals surface area contributed by atoms with Gasteiger partial charge in [0, 0.05) is 10.0 Å². The topological polar surface area (TPSA) is 67.9 Å². The highest BCUT2D eigenvalue weighted by atomic mass is 79.9. The van der Waals surface area contributed by atoms with Crippen molar-refractivity contribution in [2.75, 3.05) is 6.61 Å². The molecule has 0 bridgehead atoms. The van der Waals surface area contributed by atoms with Crippen LogP contribution in [0, 0.1) is 0 Å². The largest absolute Gasteiger partial charge is 0.490 e. The van der Waals surface area contributed by atoms with E-state index < -0.39 is 11.8 Å². The molecule has 1 N–H and O–H groups in total. The van der Waals surface area contributed by atoms with Crippen LogP contribution < -0.4 is 14.9 Å². The molecule has 9 heteroatoms. The molecule has 0 aromatic heterocycles. The Bertz CT molecular complexity index is 1410. The van der Waals surface area contributed by atoms with E-state index in [4.69, 9.17) is 21.7 Å². The Morgan fingerprint density at radius 3 is 2.36 bits per heavy atom. The Labute approximate surface area is 246 Å². The van der Waals surface area contributed by atoms with E-state index in [1.54, 1.807) is 30.3 Å². The number of thiocarbonyl (C=S) groups is 1. The van der Waals surface area contributed by atoms with Gasteiger partial charge < -0.3 is 9.47 Å². The second kappa shape index (κ2) is 12.4. The standard InChI is InChI=1S/C30H29BrN2O4S2/c1-5-36-25-16-20(8-15-24(25)37-18-19-6-11-22(12-7-19)30(2,3)4)17-26-28(35)33(29(38)39-26)32-27(34)21-9-13-23(31)14-10-21/h6-17H,5,18H2,1-4H3,(H,32,34)/b26-17+. The molecule has 4 rings (SSSR count). The highest BCUT2D eigenvalue weighted by Gasteiger charge is 2.34. The minimum Gasteiger partial charge on any atom is -0.490 e. The molecule has 0 atom stereocenters. The molecule has 0 spiro atoms. The molecule has 1 aliphatic heterocycles. The normalized spacial score (nSPS) is 14.6. The van der Waals surface area contributed by atoms with E-state index in [0.717, 1.165) is 32.4 Å². The fourth-order valence-electron chi connectivity index (χ4n) is 3.75. The summed E-state index contributed by atoms with van der Waals surface area (Å²) in [5.74, 6) is 0.375.